The van der Waals surface area contributed by atoms with Crippen molar-refractivity contribution < 1.29 is 4.79 Å². The van der Waals surface area contributed by atoms with Crippen LogP contribution in [0, 0.1) is 0 Å². The molecule has 0 saturated heterocycles. The number of para-hydroxylation sites is 1. The number of rotatable bonds is 3. The largest absolute Gasteiger partial charge is 0.337 e. The molecule has 3 heterocycles. The Labute approximate surface area is 130 Å². The highest BCUT2D eigenvalue weighted by molar-refractivity contribution is 6.11. The van der Waals surface area contributed by atoms with Crippen LogP contribution in [0.25, 0.3) is 22.6 Å². The summed E-state index contributed by atoms with van der Waals surface area (Å²) in [6, 6.07) is 8.96. The summed E-state index contributed by atoms with van der Waals surface area (Å²) in [6.07, 6.45) is 4.73. The number of anilines is 1. The minimum atomic E-state index is -0.255. The van der Waals surface area contributed by atoms with Crippen LogP contribution in [-0.2, 0) is 0 Å². The minimum absolute atomic E-state index is 0.255. The van der Waals surface area contributed by atoms with Crippen molar-refractivity contribution in [3.05, 3.63) is 54.5 Å². The minimum Gasteiger partial charge on any atom is -0.337 e. The van der Waals surface area contributed by atoms with Crippen LogP contribution in [0.2, 0.25) is 0 Å². The summed E-state index contributed by atoms with van der Waals surface area (Å²) in [7, 11) is 0. The number of hydrogen-bond acceptors (Lipinski definition) is 5. The Bertz CT molecular complexity index is 960. The van der Waals surface area contributed by atoms with E-state index in [1.807, 2.05) is 6.07 Å². The number of aromatic amines is 2. The van der Waals surface area contributed by atoms with Crippen LogP contribution in [0.4, 0.5) is 5.69 Å². The molecule has 0 aliphatic heterocycles. The fourth-order valence-electron chi connectivity index (χ4n) is 2.28. The first-order valence-corrected chi connectivity index (χ1v) is 6.88. The Hall–Kier alpha value is -3.55. The van der Waals surface area contributed by atoms with Crippen LogP contribution in [-0.4, -0.2) is 36.3 Å². The maximum atomic E-state index is 12.4. The summed E-state index contributed by atoms with van der Waals surface area (Å²) < 4.78 is 0. The number of fused-ring (bicyclic) bond motifs is 1. The lowest BCUT2D eigenvalue weighted by Crippen LogP contribution is -2.11. The van der Waals surface area contributed by atoms with Gasteiger partial charge in [0.25, 0.3) is 5.91 Å². The number of nitrogens with one attached hydrogen (secondary N) is 3. The molecule has 4 aromatic rings. The average molecular weight is 305 g/mol. The Morgan fingerprint density at radius 3 is 2.91 bits per heavy atom. The number of nitrogens with zero attached hydrogens (tertiary/aromatic N) is 4. The topological polar surface area (TPSA) is 112 Å². The molecule has 0 atom stereocenters. The van der Waals surface area contributed by atoms with E-state index in [0.29, 0.717) is 28.3 Å². The van der Waals surface area contributed by atoms with Crippen molar-refractivity contribution >= 4 is 22.6 Å². The molecule has 0 unspecified atom stereocenters. The van der Waals surface area contributed by atoms with Gasteiger partial charge in [0, 0.05) is 12.4 Å². The molecule has 8 nitrogen and oxygen atoms in total. The molecule has 23 heavy (non-hydrogen) atoms. The highest BCUT2D eigenvalue weighted by atomic mass is 16.1. The second-order valence-electron chi connectivity index (χ2n) is 4.84. The first kappa shape index (κ1) is 13.1. The van der Waals surface area contributed by atoms with Crippen LogP contribution >= 0.6 is 0 Å². The Balaban J connectivity index is 1.76. The van der Waals surface area contributed by atoms with Crippen molar-refractivity contribution in [3.8, 4) is 11.5 Å². The first-order valence-electron chi connectivity index (χ1n) is 6.88. The predicted molar refractivity (Wildman–Crippen MR) is 83.7 cm³/mol. The number of amides is 1. The molecular formula is C15H11N7O. The molecule has 0 spiro atoms. The zero-order chi connectivity index (χ0) is 15.6. The van der Waals surface area contributed by atoms with Crippen molar-refractivity contribution in [2.45, 2.75) is 0 Å². The van der Waals surface area contributed by atoms with E-state index in [0.717, 1.165) is 5.52 Å². The molecule has 3 aromatic heterocycles. The Morgan fingerprint density at radius 1 is 1.17 bits per heavy atom. The van der Waals surface area contributed by atoms with Crippen molar-refractivity contribution in [1.29, 1.82) is 0 Å². The van der Waals surface area contributed by atoms with E-state index in [1.54, 1.807) is 36.7 Å². The highest BCUT2D eigenvalue weighted by Crippen LogP contribution is 2.22. The second-order valence-corrected chi connectivity index (χ2v) is 4.84. The Kier molecular flexibility index (Phi) is 3.05. The number of imidazole rings is 1. The number of hydrogen-bond donors (Lipinski definition) is 3. The molecule has 4 rings (SSSR count). The van der Waals surface area contributed by atoms with Crippen LogP contribution in [0.3, 0.4) is 0 Å². The Morgan fingerprint density at radius 2 is 2.13 bits per heavy atom. The summed E-state index contributed by atoms with van der Waals surface area (Å²) in [4.78, 5) is 20.1. The molecule has 1 aromatic carbocycles. The third kappa shape index (κ3) is 2.42. The quantitative estimate of drug-likeness (QED) is 0.536. The van der Waals surface area contributed by atoms with E-state index < -0.39 is 0 Å². The van der Waals surface area contributed by atoms with Crippen LogP contribution in [0.5, 0.6) is 0 Å². The van der Waals surface area contributed by atoms with E-state index in [9.17, 15) is 4.79 Å². The van der Waals surface area contributed by atoms with Crippen molar-refractivity contribution in [2.24, 2.45) is 0 Å². The van der Waals surface area contributed by atoms with E-state index in [1.165, 1.54) is 6.20 Å². The fraction of sp³-hybridized carbons (Fsp3) is 0. The van der Waals surface area contributed by atoms with Gasteiger partial charge < -0.3 is 10.3 Å². The monoisotopic (exact) mass is 305 g/mol. The number of aromatic nitrogens is 6. The van der Waals surface area contributed by atoms with Gasteiger partial charge in [-0.15, -0.1) is 5.10 Å². The predicted octanol–water partition coefficient (Wildman–Crippen LogP) is 2.00. The normalized spacial score (nSPS) is 10.8. The van der Waals surface area contributed by atoms with Gasteiger partial charge in [-0.25, -0.2) is 4.98 Å². The molecule has 0 bridgehead atoms. The lowest BCUT2D eigenvalue weighted by Gasteiger charge is -2.02. The molecule has 112 valence electrons. The average Bonchev–Trinajstić information content (AvgIpc) is 3.24. The van der Waals surface area contributed by atoms with Gasteiger partial charge in [0.2, 0.25) is 0 Å². The van der Waals surface area contributed by atoms with Crippen molar-refractivity contribution in [3.63, 3.8) is 0 Å². The van der Waals surface area contributed by atoms with Gasteiger partial charge in [-0.1, -0.05) is 6.07 Å². The maximum Gasteiger partial charge on any atom is 0.258 e. The second kappa shape index (κ2) is 5.34. The molecule has 0 aliphatic rings. The summed E-state index contributed by atoms with van der Waals surface area (Å²) in [5, 5.41) is 17.1. The molecule has 0 saturated carbocycles. The standard InChI is InChI=1S/C15H11N7O/c23-15(19-9-7-17-18-8-9)10-3-1-4-11-13(10)21-14(20-11)12-5-2-6-16-22-12/h1-8H,(H,17,18)(H,19,23)(H,20,21). The summed E-state index contributed by atoms with van der Waals surface area (Å²) >= 11 is 0. The molecule has 0 aliphatic carbocycles. The first-order chi connectivity index (χ1) is 11.3. The molecule has 0 fully saturated rings. The van der Waals surface area contributed by atoms with Gasteiger partial charge in [-0.2, -0.15) is 10.2 Å². The van der Waals surface area contributed by atoms with E-state index in [-0.39, 0.29) is 5.91 Å². The van der Waals surface area contributed by atoms with Crippen LogP contribution < -0.4 is 5.32 Å². The number of benzene rings is 1. The van der Waals surface area contributed by atoms with Gasteiger partial charge in [0.05, 0.1) is 23.0 Å². The summed E-state index contributed by atoms with van der Waals surface area (Å²) in [5.41, 5.74) is 3.01. The van der Waals surface area contributed by atoms with E-state index in [2.05, 4.69) is 35.7 Å². The SMILES string of the molecule is O=C(Nc1cn[nH]c1)c1cccc2[nH]c(-c3cccnn3)nc12. The molecule has 1 amide bonds. The van der Waals surface area contributed by atoms with E-state index in [4.69, 9.17) is 0 Å². The molecule has 3 N–H and O–H groups in total. The molecule has 0 radical (unpaired) electrons. The smallest absolute Gasteiger partial charge is 0.258 e. The van der Waals surface area contributed by atoms with Gasteiger partial charge in [-0.05, 0) is 24.3 Å². The van der Waals surface area contributed by atoms with Crippen molar-refractivity contribution in [2.75, 3.05) is 5.32 Å². The molecule has 8 heteroatoms. The van der Waals surface area contributed by atoms with Gasteiger partial charge in [0.15, 0.2) is 5.82 Å². The van der Waals surface area contributed by atoms with Crippen molar-refractivity contribution in [1.82, 2.24) is 30.4 Å². The van der Waals surface area contributed by atoms with Crippen LogP contribution in [0.15, 0.2) is 48.9 Å². The van der Waals surface area contributed by atoms with Gasteiger partial charge >= 0.3 is 0 Å². The number of carbonyl (C=O) groups excluding carboxylic acids is 1. The highest BCUT2D eigenvalue weighted by Gasteiger charge is 2.15. The number of carbonyl (C=O) groups is 1. The fourth-order valence-corrected chi connectivity index (χ4v) is 2.28. The summed E-state index contributed by atoms with van der Waals surface area (Å²) in [5.74, 6) is 0.311. The lowest BCUT2D eigenvalue weighted by atomic mass is 10.1. The van der Waals surface area contributed by atoms with Gasteiger partial charge in [-0.3, -0.25) is 9.89 Å². The van der Waals surface area contributed by atoms with Crippen LogP contribution in [0.1, 0.15) is 10.4 Å². The third-order valence-electron chi connectivity index (χ3n) is 3.33. The summed E-state index contributed by atoms with van der Waals surface area (Å²) in [6.45, 7) is 0. The number of H-pyrrole nitrogens is 2. The third-order valence-corrected chi connectivity index (χ3v) is 3.33. The van der Waals surface area contributed by atoms with E-state index >= 15 is 0 Å². The zero-order valence-electron chi connectivity index (χ0n) is 11.8. The molecular weight excluding hydrogens is 294 g/mol. The maximum absolute atomic E-state index is 12.4. The zero-order valence-corrected chi connectivity index (χ0v) is 11.8. The lowest BCUT2D eigenvalue weighted by molar-refractivity contribution is 0.102. The van der Waals surface area contributed by atoms with Gasteiger partial charge in [0.1, 0.15) is 11.2 Å².